The zero-order valence-electron chi connectivity index (χ0n) is 12.8. The number of nitro benzene ring substituents is 1. The van der Waals surface area contributed by atoms with Crippen LogP contribution >= 0.6 is 0 Å². The molecule has 0 heterocycles. The molecule has 0 spiro atoms. The predicted octanol–water partition coefficient (Wildman–Crippen LogP) is 0.518. The van der Waals surface area contributed by atoms with Gasteiger partial charge >= 0.3 is 0 Å². The average Bonchev–Trinajstić information content (AvgIpc) is 2.50. The molecule has 0 fully saturated rings. The fourth-order valence-electron chi connectivity index (χ4n) is 1.63. The van der Waals surface area contributed by atoms with Crippen LogP contribution in [-0.4, -0.2) is 29.2 Å². The van der Waals surface area contributed by atoms with Crippen molar-refractivity contribution < 1.29 is 19.3 Å². The van der Waals surface area contributed by atoms with Crippen LogP contribution in [0.1, 0.15) is 30.6 Å². The van der Waals surface area contributed by atoms with Gasteiger partial charge in [-0.15, -0.1) is 0 Å². The van der Waals surface area contributed by atoms with Gasteiger partial charge in [-0.05, 0) is 12.0 Å². The maximum absolute atomic E-state index is 11.8. The van der Waals surface area contributed by atoms with E-state index in [2.05, 4.69) is 16.2 Å². The van der Waals surface area contributed by atoms with E-state index in [-0.39, 0.29) is 36.0 Å². The van der Waals surface area contributed by atoms with Crippen molar-refractivity contribution in [3.8, 4) is 0 Å². The number of nitrogens with one attached hydrogen (secondary N) is 3. The lowest BCUT2D eigenvalue weighted by Crippen LogP contribution is -2.46. The van der Waals surface area contributed by atoms with Crippen LogP contribution in [0.3, 0.4) is 0 Å². The summed E-state index contributed by atoms with van der Waals surface area (Å²) in [6.07, 6.45) is 0.264. The Morgan fingerprint density at radius 2 is 1.83 bits per heavy atom. The minimum Gasteiger partial charge on any atom is -0.343 e. The van der Waals surface area contributed by atoms with Crippen LogP contribution < -0.4 is 16.2 Å². The summed E-state index contributed by atoms with van der Waals surface area (Å²) in [6.45, 7) is 3.35. The molecule has 0 aliphatic carbocycles. The molecule has 0 aromatic heterocycles. The highest BCUT2D eigenvalue weighted by Crippen LogP contribution is 2.12. The minimum atomic E-state index is -0.627. The van der Waals surface area contributed by atoms with Crippen LogP contribution in [0.25, 0.3) is 0 Å². The van der Waals surface area contributed by atoms with Crippen molar-refractivity contribution in [2.75, 3.05) is 6.54 Å². The molecule has 0 bridgehead atoms. The minimum absolute atomic E-state index is 0.0656. The summed E-state index contributed by atoms with van der Waals surface area (Å²) < 4.78 is 0. The maximum atomic E-state index is 11.8. The van der Waals surface area contributed by atoms with E-state index in [1.54, 1.807) is 0 Å². The molecule has 23 heavy (non-hydrogen) atoms. The molecule has 1 rings (SSSR count). The molecule has 3 amide bonds. The maximum Gasteiger partial charge on any atom is 0.270 e. The second kappa shape index (κ2) is 8.47. The average molecular weight is 322 g/mol. The molecule has 3 N–H and O–H groups in total. The molecule has 1 aromatic rings. The van der Waals surface area contributed by atoms with Crippen molar-refractivity contribution in [2.24, 2.45) is 5.92 Å². The molecule has 0 saturated heterocycles. The number of nitro groups is 1. The number of nitrogens with zero attached hydrogens (tertiary/aromatic N) is 1. The number of benzene rings is 1. The van der Waals surface area contributed by atoms with Crippen LogP contribution in [0.5, 0.6) is 0 Å². The van der Waals surface area contributed by atoms with E-state index in [9.17, 15) is 24.5 Å². The largest absolute Gasteiger partial charge is 0.343 e. The van der Waals surface area contributed by atoms with Crippen molar-refractivity contribution in [3.05, 3.63) is 39.9 Å². The lowest BCUT2D eigenvalue weighted by Gasteiger charge is -2.09. The van der Waals surface area contributed by atoms with Crippen LogP contribution in [0.15, 0.2) is 24.3 Å². The zero-order chi connectivity index (χ0) is 17.4. The van der Waals surface area contributed by atoms with Gasteiger partial charge in [0, 0.05) is 24.1 Å². The number of rotatable bonds is 6. The third kappa shape index (κ3) is 6.55. The van der Waals surface area contributed by atoms with Gasteiger partial charge in [0.25, 0.3) is 17.5 Å². The quantitative estimate of drug-likeness (QED) is 0.519. The van der Waals surface area contributed by atoms with Gasteiger partial charge in [-0.25, -0.2) is 0 Å². The van der Waals surface area contributed by atoms with E-state index >= 15 is 0 Å². The van der Waals surface area contributed by atoms with Crippen LogP contribution in [0.2, 0.25) is 0 Å². The van der Waals surface area contributed by atoms with E-state index in [4.69, 9.17) is 0 Å². The molecule has 1 aromatic carbocycles. The van der Waals surface area contributed by atoms with Gasteiger partial charge in [-0.1, -0.05) is 19.9 Å². The first-order chi connectivity index (χ1) is 10.8. The number of non-ortho nitro benzene ring substituents is 1. The highest BCUT2D eigenvalue weighted by molar-refractivity contribution is 5.97. The van der Waals surface area contributed by atoms with Gasteiger partial charge < -0.3 is 5.32 Å². The highest BCUT2D eigenvalue weighted by Gasteiger charge is 2.13. The summed E-state index contributed by atoms with van der Waals surface area (Å²) in [5.41, 5.74) is 4.23. The van der Waals surface area contributed by atoms with Gasteiger partial charge in [0.05, 0.1) is 11.5 Å². The van der Waals surface area contributed by atoms with Crippen molar-refractivity contribution >= 4 is 23.4 Å². The van der Waals surface area contributed by atoms with E-state index in [1.807, 2.05) is 13.8 Å². The second-order valence-corrected chi connectivity index (χ2v) is 5.18. The van der Waals surface area contributed by atoms with Gasteiger partial charge in [0.1, 0.15) is 0 Å². The van der Waals surface area contributed by atoms with Gasteiger partial charge in [0.15, 0.2) is 0 Å². The second-order valence-electron chi connectivity index (χ2n) is 5.18. The van der Waals surface area contributed by atoms with E-state index in [0.717, 1.165) is 6.07 Å². The normalized spacial score (nSPS) is 10.0. The number of carbonyl (C=O) groups is 3. The molecule has 0 atom stereocenters. The third-order valence-electron chi connectivity index (χ3n) is 2.66. The van der Waals surface area contributed by atoms with Gasteiger partial charge in [-0.2, -0.15) is 0 Å². The summed E-state index contributed by atoms with van der Waals surface area (Å²) in [5, 5.41) is 12.9. The van der Waals surface area contributed by atoms with Crippen LogP contribution in [0, 0.1) is 16.0 Å². The molecule has 9 nitrogen and oxygen atoms in total. The molecule has 9 heteroatoms. The first-order valence-corrected chi connectivity index (χ1v) is 6.90. The van der Waals surface area contributed by atoms with Crippen LogP contribution in [0.4, 0.5) is 5.69 Å². The van der Waals surface area contributed by atoms with Crippen molar-refractivity contribution in [1.82, 2.24) is 16.2 Å². The molecular formula is C14H18N4O5. The Morgan fingerprint density at radius 3 is 2.43 bits per heavy atom. The zero-order valence-corrected chi connectivity index (χ0v) is 12.8. The fourth-order valence-corrected chi connectivity index (χ4v) is 1.63. The topological polar surface area (TPSA) is 130 Å². The Bertz CT molecular complexity index is 615. The van der Waals surface area contributed by atoms with Gasteiger partial charge in [0.2, 0.25) is 5.91 Å². The van der Waals surface area contributed by atoms with Crippen molar-refractivity contribution in [1.29, 1.82) is 0 Å². The third-order valence-corrected chi connectivity index (χ3v) is 2.66. The molecule has 124 valence electrons. The molecular weight excluding hydrogens is 304 g/mol. The Morgan fingerprint density at radius 1 is 1.17 bits per heavy atom. The molecule has 0 saturated carbocycles. The summed E-state index contributed by atoms with van der Waals surface area (Å²) in [7, 11) is 0. The Labute approximate surface area is 132 Å². The summed E-state index contributed by atoms with van der Waals surface area (Å²) >= 11 is 0. The lowest BCUT2D eigenvalue weighted by molar-refractivity contribution is -0.384. The monoisotopic (exact) mass is 322 g/mol. The van der Waals surface area contributed by atoms with E-state index in [1.165, 1.54) is 18.2 Å². The van der Waals surface area contributed by atoms with E-state index in [0.29, 0.717) is 0 Å². The van der Waals surface area contributed by atoms with E-state index < -0.39 is 16.7 Å². The summed E-state index contributed by atoms with van der Waals surface area (Å²) in [5.74, 6) is -1.42. The standard InChI is InChI=1S/C14H18N4O5/c1-9(2)6-12(19)16-17-13(20)8-15-14(21)10-4-3-5-11(7-10)18(22)23/h3-5,7,9H,6,8H2,1-2H3,(H,15,21)(H,16,19)(H,17,20). The smallest absolute Gasteiger partial charge is 0.270 e. The first kappa shape index (κ1) is 18.1. The SMILES string of the molecule is CC(C)CC(=O)NNC(=O)CNC(=O)c1cccc([N+](=O)[O-])c1. The Hall–Kier alpha value is -2.97. The van der Waals surface area contributed by atoms with Crippen molar-refractivity contribution in [2.45, 2.75) is 20.3 Å². The number of hydrogen-bond donors (Lipinski definition) is 3. The van der Waals surface area contributed by atoms with Crippen LogP contribution in [-0.2, 0) is 9.59 Å². The molecule has 0 aliphatic heterocycles. The summed E-state index contributed by atoms with van der Waals surface area (Å²) in [4.78, 5) is 44.7. The summed E-state index contributed by atoms with van der Waals surface area (Å²) in [6, 6.07) is 5.13. The Balaban J connectivity index is 2.44. The first-order valence-electron chi connectivity index (χ1n) is 6.90. The highest BCUT2D eigenvalue weighted by atomic mass is 16.6. The lowest BCUT2D eigenvalue weighted by atomic mass is 10.1. The fraction of sp³-hybridized carbons (Fsp3) is 0.357. The Kier molecular flexibility index (Phi) is 6.66. The molecule has 0 aliphatic rings. The molecule has 0 radical (unpaired) electrons. The van der Waals surface area contributed by atoms with Gasteiger partial charge in [-0.3, -0.25) is 35.3 Å². The number of hydrogen-bond acceptors (Lipinski definition) is 5. The van der Waals surface area contributed by atoms with Crippen molar-refractivity contribution in [3.63, 3.8) is 0 Å². The number of hydrazine groups is 1. The predicted molar refractivity (Wildman–Crippen MR) is 81.2 cm³/mol. The molecule has 0 unspecified atom stereocenters. The number of carbonyl (C=O) groups excluding carboxylic acids is 3. The number of amides is 3.